The van der Waals surface area contributed by atoms with Gasteiger partial charge in [-0.15, -0.1) is 0 Å². The SMILES string of the molecule is OC(C=CC1=CC=CCC1)CCn1ccnc1. The Morgan fingerprint density at radius 1 is 1.53 bits per heavy atom. The molecule has 0 aliphatic heterocycles. The van der Waals surface area contributed by atoms with E-state index in [1.54, 1.807) is 12.5 Å². The van der Waals surface area contributed by atoms with Gasteiger partial charge in [-0.25, -0.2) is 4.98 Å². The first kappa shape index (κ1) is 11.9. The number of nitrogens with zero attached hydrogens (tertiary/aromatic N) is 2. The van der Waals surface area contributed by atoms with Crippen molar-refractivity contribution in [2.24, 2.45) is 0 Å². The average molecular weight is 230 g/mol. The summed E-state index contributed by atoms with van der Waals surface area (Å²) >= 11 is 0. The fourth-order valence-corrected chi connectivity index (χ4v) is 1.79. The van der Waals surface area contributed by atoms with Gasteiger partial charge >= 0.3 is 0 Å². The molecule has 0 saturated carbocycles. The molecule has 1 aliphatic carbocycles. The summed E-state index contributed by atoms with van der Waals surface area (Å²) in [6.45, 7) is 0.796. The molecule has 1 N–H and O–H groups in total. The highest BCUT2D eigenvalue weighted by molar-refractivity contribution is 5.27. The molecule has 0 radical (unpaired) electrons. The van der Waals surface area contributed by atoms with Gasteiger partial charge in [0.2, 0.25) is 0 Å². The predicted octanol–water partition coefficient (Wildman–Crippen LogP) is 2.47. The van der Waals surface area contributed by atoms with Crippen LogP contribution in [-0.4, -0.2) is 20.8 Å². The smallest absolute Gasteiger partial charge is 0.0945 e. The molecule has 0 fully saturated rings. The van der Waals surface area contributed by atoms with Gasteiger partial charge in [-0.1, -0.05) is 30.4 Å². The van der Waals surface area contributed by atoms with Crippen molar-refractivity contribution >= 4 is 0 Å². The van der Waals surface area contributed by atoms with Gasteiger partial charge in [0.15, 0.2) is 0 Å². The summed E-state index contributed by atoms with van der Waals surface area (Å²) in [5, 5.41) is 9.81. The third-order valence-electron chi connectivity index (χ3n) is 2.82. The van der Waals surface area contributed by atoms with Crippen LogP contribution in [0, 0.1) is 0 Å². The number of aryl methyl sites for hydroxylation is 1. The lowest BCUT2D eigenvalue weighted by molar-refractivity contribution is 0.205. The minimum Gasteiger partial charge on any atom is -0.389 e. The third-order valence-corrected chi connectivity index (χ3v) is 2.82. The van der Waals surface area contributed by atoms with Crippen LogP contribution in [0.1, 0.15) is 19.3 Å². The lowest BCUT2D eigenvalue weighted by atomic mass is 10.0. The van der Waals surface area contributed by atoms with Crippen LogP contribution in [0.3, 0.4) is 0 Å². The zero-order valence-corrected chi connectivity index (χ0v) is 9.87. The molecule has 1 atom stereocenters. The molecule has 1 aromatic heterocycles. The zero-order chi connectivity index (χ0) is 11.9. The minimum absolute atomic E-state index is 0.385. The van der Waals surface area contributed by atoms with Crippen molar-refractivity contribution in [3.05, 3.63) is 54.7 Å². The van der Waals surface area contributed by atoms with Crippen molar-refractivity contribution in [1.82, 2.24) is 9.55 Å². The van der Waals surface area contributed by atoms with Crippen LogP contribution < -0.4 is 0 Å². The number of aromatic nitrogens is 2. The molecule has 3 nitrogen and oxygen atoms in total. The van der Waals surface area contributed by atoms with Crippen molar-refractivity contribution in [1.29, 1.82) is 0 Å². The van der Waals surface area contributed by atoms with Crippen molar-refractivity contribution < 1.29 is 5.11 Å². The molecule has 0 saturated heterocycles. The van der Waals surface area contributed by atoms with Crippen LogP contribution in [-0.2, 0) is 6.54 Å². The first-order valence-corrected chi connectivity index (χ1v) is 6.02. The highest BCUT2D eigenvalue weighted by Crippen LogP contribution is 2.13. The van der Waals surface area contributed by atoms with Crippen molar-refractivity contribution in [3.8, 4) is 0 Å². The average Bonchev–Trinajstić information content (AvgIpc) is 2.88. The molecular weight excluding hydrogens is 212 g/mol. The fourth-order valence-electron chi connectivity index (χ4n) is 1.79. The van der Waals surface area contributed by atoms with E-state index >= 15 is 0 Å². The Morgan fingerprint density at radius 3 is 3.18 bits per heavy atom. The Kier molecular flexibility index (Phi) is 4.33. The fraction of sp³-hybridized carbons (Fsp3) is 0.357. The van der Waals surface area contributed by atoms with Gasteiger partial charge in [0.1, 0.15) is 0 Å². The number of aliphatic hydroxyl groups excluding tert-OH is 1. The van der Waals surface area contributed by atoms with Crippen LogP contribution in [0.15, 0.2) is 54.7 Å². The van der Waals surface area contributed by atoms with Gasteiger partial charge in [0.25, 0.3) is 0 Å². The summed E-state index contributed by atoms with van der Waals surface area (Å²) in [6.07, 6.45) is 18.2. The Morgan fingerprint density at radius 2 is 2.47 bits per heavy atom. The number of imidazole rings is 1. The van der Waals surface area contributed by atoms with Gasteiger partial charge in [-0.2, -0.15) is 0 Å². The summed E-state index contributed by atoms with van der Waals surface area (Å²) in [5.74, 6) is 0. The molecular formula is C14H18N2O. The molecule has 1 heterocycles. The molecule has 17 heavy (non-hydrogen) atoms. The van der Waals surface area contributed by atoms with E-state index in [-0.39, 0.29) is 6.10 Å². The quantitative estimate of drug-likeness (QED) is 0.843. The maximum Gasteiger partial charge on any atom is 0.0945 e. The largest absolute Gasteiger partial charge is 0.389 e. The molecule has 1 aliphatic rings. The number of hydrogen-bond donors (Lipinski definition) is 1. The standard InChI is InChI=1S/C14H18N2O/c17-14(8-10-16-11-9-15-12-16)7-6-13-4-2-1-3-5-13/h1-2,4,6-7,9,11-12,14,17H,3,5,8,10H2. The van der Waals surface area contributed by atoms with Crippen molar-refractivity contribution in [3.63, 3.8) is 0 Å². The Labute approximate surface area is 102 Å². The summed E-state index contributed by atoms with van der Waals surface area (Å²) in [7, 11) is 0. The highest BCUT2D eigenvalue weighted by atomic mass is 16.3. The molecule has 0 amide bonds. The van der Waals surface area contributed by atoms with E-state index in [0.717, 1.165) is 25.8 Å². The third kappa shape index (κ3) is 4.04. The van der Waals surface area contributed by atoms with Gasteiger partial charge in [0, 0.05) is 18.9 Å². The molecule has 90 valence electrons. The van der Waals surface area contributed by atoms with Crippen molar-refractivity contribution in [2.75, 3.05) is 0 Å². The second kappa shape index (κ2) is 6.21. The van der Waals surface area contributed by atoms with E-state index in [0.29, 0.717) is 0 Å². The predicted molar refractivity (Wildman–Crippen MR) is 68.4 cm³/mol. The highest BCUT2D eigenvalue weighted by Gasteiger charge is 2.01. The van der Waals surface area contributed by atoms with E-state index in [9.17, 15) is 5.11 Å². The Bertz CT molecular complexity index is 415. The van der Waals surface area contributed by atoms with E-state index in [4.69, 9.17) is 0 Å². The summed E-state index contributed by atoms with van der Waals surface area (Å²) in [5.41, 5.74) is 1.29. The monoisotopic (exact) mass is 230 g/mol. The van der Waals surface area contributed by atoms with Crippen LogP contribution in [0.5, 0.6) is 0 Å². The Balaban J connectivity index is 1.76. The number of hydrogen-bond acceptors (Lipinski definition) is 2. The van der Waals surface area contributed by atoms with Gasteiger partial charge < -0.3 is 9.67 Å². The molecule has 2 rings (SSSR count). The number of aliphatic hydroxyl groups is 1. The van der Waals surface area contributed by atoms with E-state index in [1.807, 2.05) is 22.9 Å². The van der Waals surface area contributed by atoms with Gasteiger partial charge in [-0.05, 0) is 24.8 Å². The van der Waals surface area contributed by atoms with Crippen molar-refractivity contribution in [2.45, 2.75) is 31.9 Å². The number of allylic oxidation sites excluding steroid dienone is 5. The minimum atomic E-state index is -0.385. The molecule has 0 aromatic carbocycles. The zero-order valence-electron chi connectivity index (χ0n) is 9.87. The van der Waals surface area contributed by atoms with Crippen LogP contribution in [0.4, 0.5) is 0 Å². The second-order valence-corrected chi connectivity index (χ2v) is 4.22. The Hall–Kier alpha value is -1.61. The molecule has 1 unspecified atom stereocenters. The normalized spacial score (nSPS) is 17.4. The molecule has 1 aromatic rings. The second-order valence-electron chi connectivity index (χ2n) is 4.22. The first-order valence-electron chi connectivity index (χ1n) is 6.02. The van der Waals surface area contributed by atoms with Gasteiger partial charge in [0.05, 0.1) is 12.4 Å². The van der Waals surface area contributed by atoms with E-state index in [2.05, 4.69) is 23.2 Å². The maximum absolute atomic E-state index is 9.81. The van der Waals surface area contributed by atoms with Gasteiger partial charge in [-0.3, -0.25) is 0 Å². The van der Waals surface area contributed by atoms with Crippen LogP contribution >= 0.6 is 0 Å². The lowest BCUT2D eigenvalue weighted by Gasteiger charge is -2.07. The number of rotatable bonds is 5. The van der Waals surface area contributed by atoms with E-state index in [1.165, 1.54) is 5.57 Å². The summed E-state index contributed by atoms with van der Waals surface area (Å²) in [6, 6.07) is 0. The topological polar surface area (TPSA) is 38.0 Å². The first-order chi connectivity index (χ1) is 8.34. The molecule has 0 spiro atoms. The van der Waals surface area contributed by atoms with Crippen LogP contribution in [0.2, 0.25) is 0 Å². The van der Waals surface area contributed by atoms with Crippen LogP contribution in [0.25, 0.3) is 0 Å². The summed E-state index contributed by atoms with van der Waals surface area (Å²) in [4.78, 5) is 3.97. The molecule has 0 bridgehead atoms. The summed E-state index contributed by atoms with van der Waals surface area (Å²) < 4.78 is 1.97. The molecule has 3 heteroatoms. The maximum atomic E-state index is 9.81. The van der Waals surface area contributed by atoms with E-state index < -0.39 is 0 Å². The lowest BCUT2D eigenvalue weighted by Crippen LogP contribution is -2.07.